The molecule has 0 aromatic heterocycles. The first-order chi connectivity index (χ1) is 6.45. The van der Waals surface area contributed by atoms with Crippen molar-refractivity contribution in [1.29, 1.82) is 0 Å². The van der Waals surface area contributed by atoms with Gasteiger partial charge in [-0.15, -0.1) is 0 Å². The monoisotopic (exact) mass is 320 g/mol. The molecule has 0 radical (unpaired) electrons. The van der Waals surface area contributed by atoms with Crippen molar-refractivity contribution in [1.82, 2.24) is 0 Å². The molecule has 0 spiro atoms. The molecular formula is C8H15F3O2Sn. The average Bonchev–Trinajstić information content (AvgIpc) is 2.02. The topological polar surface area (TPSA) is 26.3 Å². The Morgan fingerprint density at radius 2 is 1.93 bits per heavy atom. The fourth-order valence-electron chi connectivity index (χ4n) is 0.836. The summed E-state index contributed by atoms with van der Waals surface area (Å²) in [4.78, 5) is 0. The molecule has 0 unspecified atom stereocenters. The van der Waals surface area contributed by atoms with Crippen LogP contribution in [0.2, 0.25) is 4.44 Å². The Bertz CT molecular complexity index is 170. The fourth-order valence-corrected chi connectivity index (χ4v) is 3.64. The van der Waals surface area contributed by atoms with Crippen LogP contribution in [0.3, 0.4) is 0 Å². The fraction of sp³-hybridized carbons (Fsp3) is 1.00. The van der Waals surface area contributed by atoms with Crippen molar-refractivity contribution in [2.45, 2.75) is 43.2 Å². The molecule has 0 heterocycles. The predicted octanol–water partition coefficient (Wildman–Crippen LogP) is 3.06. The second kappa shape index (κ2) is 7.62. The normalized spacial score (nSPS) is 11.7. The molecule has 0 aliphatic rings. The van der Waals surface area contributed by atoms with E-state index in [1.54, 1.807) is 0 Å². The van der Waals surface area contributed by atoms with Crippen molar-refractivity contribution in [3.05, 3.63) is 0 Å². The molecular weight excluding hydrogens is 304 g/mol. The summed E-state index contributed by atoms with van der Waals surface area (Å²) in [6.45, 7) is 2.40. The van der Waals surface area contributed by atoms with Crippen LogP contribution in [0.1, 0.15) is 32.6 Å². The molecule has 0 bridgehead atoms. The molecule has 14 heavy (non-hydrogen) atoms. The maximum absolute atomic E-state index is 11.7. The Balaban J connectivity index is 3.36. The predicted molar refractivity (Wildman–Crippen MR) is 47.4 cm³/mol. The van der Waals surface area contributed by atoms with Gasteiger partial charge in [-0.1, -0.05) is 0 Å². The van der Waals surface area contributed by atoms with Gasteiger partial charge in [0.15, 0.2) is 0 Å². The molecule has 2 nitrogen and oxygen atoms in total. The molecule has 0 aliphatic carbocycles. The van der Waals surface area contributed by atoms with Crippen LogP contribution in [0.25, 0.3) is 0 Å². The van der Waals surface area contributed by atoms with E-state index in [-0.39, 0.29) is 10.9 Å². The van der Waals surface area contributed by atoms with E-state index in [0.29, 0.717) is 6.61 Å². The van der Waals surface area contributed by atoms with Gasteiger partial charge in [-0.25, -0.2) is 0 Å². The van der Waals surface area contributed by atoms with E-state index in [4.69, 9.17) is 3.07 Å². The van der Waals surface area contributed by atoms with Crippen molar-refractivity contribution < 1.29 is 19.3 Å². The molecule has 0 rings (SSSR count). The second-order valence-electron chi connectivity index (χ2n) is 3.04. The zero-order chi connectivity index (χ0) is 11.0. The van der Waals surface area contributed by atoms with Crippen LogP contribution in [0, 0.1) is 0 Å². The maximum atomic E-state index is 11.7. The van der Waals surface area contributed by atoms with Crippen LogP contribution in [0.15, 0.2) is 0 Å². The minimum absolute atomic E-state index is 0.0616. The summed E-state index contributed by atoms with van der Waals surface area (Å²) in [5, 5.41) is 0. The number of halogens is 3. The van der Waals surface area contributed by atoms with Gasteiger partial charge in [0.1, 0.15) is 0 Å². The van der Waals surface area contributed by atoms with Crippen molar-refractivity contribution in [3.8, 4) is 0 Å². The van der Waals surface area contributed by atoms with Crippen LogP contribution in [0.5, 0.6) is 0 Å². The molecule has 0 amide bonds. The van der Waals surface area contributed by atoms with Gasteiger partial charge in [0.05, 0.1) is 0 Å². The average molecular weight is 319 g/mol. The van der Waals surface area contributed by atoms with Crippen molar-refractivity contribution in [3.63, 3.8) is 0 Å². The molecule has 0 aromatic carbocycles. The Morgan fingerprint density at radius 1 is 1.29 bits per heavy atom. The first kappa shape index (κ1) is 14.3. The van der Waals surface area contributed by atoms with E-state index < -0.39 is 32.8 Å². The Hall–Kier alpha value is 0.349. The first-order valence-electron chi connectivity index (χ1n) is 4.68. The Labute approximate surface area is 89.5 Å². The molecule has 0 aliphatic heterocycles. The van der Waals surface area contributed by atoms with Gasteiger partial charge < -0.3 is 0 Å². The summed E-state index contributed by atoms with van der Waals surface area (Å²) in [7, 11) is 0. The third-order valence-electron chi connectivity index (χ3n) is 1.60. The van der Waals surface area contributed by atoms with E-state index in [1.165, 1.54) is 0 Å². The third-order valence-corrected chi connectivity index (χ3v) is 5.28. The number of hydrogen-bond acceptors (Lipinski definition) is 2. The third kappa shape index (κ3) is 10.4. The molecule has 0 atom stereocenters. The summed E-state index contributed by atoms with van der Waals surface area (Å²) in [6.07, 6.45) is -3.28. The van der Waals surface area contributed by atoms with E-state index >= 15 is 0 Å². The van der Waals surface area contributed by atoms with Gasteiger partial charge in [0, 0.05) is 0 Å². The van der Waals surface area contributed by atoms with E-state index in [2.05, 4.69) is 0 Å². The van der Waals surface area contributed by atoms with Crippen LogP contribution >= 0.6 is 0 Å². The first-order valence-corrected chi connectivity index (χ1v) is 9.03. The zero-order valence-electron chi connectivity index (χ0n) is 8.19. The van der Waals surface area contributed by atoms with Crippen LogP contribution in [-0.2, 0) is 6.15 Å². The SMILES string of the molecule is CCCC[O][Sn](=[O])[CH2]CCC(F)(F)F. The van der Waals surface area contributed by atoms with Crippen molar-refractivity contribution in [2.24, 2.45) is 0 Å². The van der Waals surface area contributed by atoms with Gasteiger partial charge in [-0.3, -0.25) is 0 Å². The second-order valence-corrected chi connectivity index (χ2v) is 7.42. The van der Waals surface area contributed by atoms with E-state index in [1.807, 2.05) is 6.92 Å². The molecule has 0 fully saturated rings. The summed E-state index contributed by atoms with van der Waals surface area (Å²) < 4.78 is 51.3. The minimum atomic E-state index is -4.13. The van der Waals surface area contributed by atoms with Gasteiger partial charge in [-0.2, -0.15) is 0 Å². The molecule has 0 saturated carbocycles. The van der Waals surface area contributed by atoms with Crippen LogP contribution in [-0.4, -0.2) is 32.9 Å². The molecule has 0 saturated heterocycles. The molecule has 0 N–H and O–H groups in total. The number of hydrogen-bond donors (Lipinski definition) is 0. The Kier molecular flexibility index (Phi) is 7.81. The Morgan fingerprint density at radius 3 is 2.43 bits per heavy atom. The molecule has 84 valence electrons. The van der Waals surface area contributed by atoms with Crippen LogP contribution in [0.4, 0.5) is 13.2 Å². The van der Waals surface area contributed by atoms with Gasteiger partial charge in [0.25, 0.3) is 0 Å². The number of rotatable bonds is 7. The van der Waals surface area contributed by atoms with E-state index in [0.717, 1.165) is 12.8 Å². The van der Waals surface area contributed by atoms with E-state index in [9.17, 15) is 16.2 Å². The molecule has 0 aromatic rings. The summed E-state index contributed by atoms with van der Waals surface area (Å²) in [5.41, 5.74) is 0. The quantitative estimate of drug-likeness (QED) is 0.532. The number of unbranched alkanes of at least 4 members (excludes halogenated alkanes) is 1. The zero-order valence-corrected chi connectivity index (χ0v) is 11.0. The standard InChI is InChI=1S/C4H6F3.C4H9O.O.Sn/c1-2-3-4(5,6)7;1-2-3-4-5;;/h1-3H2;2-4H2,1H3;;/q;-1;;+1. The number of alkyl halides is 3. The summed E-state index contributed by atoms with van der Waals surface area (Å²) in [5.74, 6) is 0. The summed E-state index contributed by atoms with van der Waals surface area (Å²) >= 11 is -3.10. The van der Waals surface area contributed by atoms with Crippen molar-refractivity contribution in [2.75, 3.05) is 6.61 Å². The molecule has 6 heteroatoms. The van der Waals surface area contributed by atoms with Crippen molar-refractivity contribution >= 4 is 20.2 Å². The van der Waals surface area contributed by atoms with Gasteiger partial charge in [0.2, 0.25) is 0 Å². The van der Waals surface area contributed by atoms with Crippen LogP contribution < -0.4 is 0 Å². The summed E-state index contributed by atoms with van der Waals surface area (Å²) in [6, 6.07) is 0. The van der Waals surface area contributed by atoms with Gasteiger partial charge in [-0.05, 0) is 0 Å². The van der Waals surface area contributed by atoms with Gasteiger partial charge >= 0.3 is 89.3 Å².